The molecule has 3 nitrogen and oxygen atoms in total. The Bertz CT molecular complexity index is 196. The molecule has 0 aliphatic carbocycles. The van der Waals surface area contributed by atoms with E-state index in [4.69, 9.17) is 4.74 Å². The highest BCUT2D eigenvalue weighted by Crippen LogP contribution is 2.24. The van der Waals surface area contributed by atoms with Crippen molar-refractivity contribution in [3.05, 3.63) is 0 Å². The van der Waals surface area contributed by atoms with Gasteiger partial charge in [-0.25, -0.2) is 0 Å². The van der Waals surface area contributed by atoms with Crippen LogP contribution in [0.25, 0.3) is 0 Å². The van der Waals surface area contributed by atoms with Crippen LogP contribution in [0, 0.1) is 5.92 Å². The van der Waals surface area contributed by atoms with Crippen molar-refractivity contribution in [1.29, 1.82) is 0 Å². The maximum absolute atomic E-state index is 5.84. The molecular formula is C11H22N2O. The number of nitrogens with one attached hydrogen (secondary N) is 1. The minimum absolute atomic E-state index is 0.314. The van der Waals surface area contributed by atoms with Crippen molar-refractivity contribution in [3.63, 3.8) is 0 Å². The van der Waals surface area contributed by atoms with Gasteiger partial charge in [0.2, 0.25) is 0 Å². The normalized spacial score (nSPS) is 39.9. The highest BCUT2D eigenvalue weighted by Gasteiger charge is 2.34. The molecule has 0 radical (unpaired) electrons. The van der Waals surface area contributed by atoms with Gasteiger partial charge in [-0.3, -0.25) is 5.32 Å². The summed E-state index contributed by atoms with van der Waals surface area (Å²) < 4.78 is 5.84. The van der Waals surface area contributed by atoms with E-state index >= 15 is 0 Å². The Kier molecular flexibility index (Phi) is 3.10. The van der Waals surface area contributed by atoms with Gasteiger partial charge in [-0.05, 0) is 33.7 Å². The Morgan fingerprint density at radius 2 is 2.21 bits per heavy atom. The Morgan fingerprint density at radius 3 is 2.71 bits per heavy atom. The Hall–Kier alpha value is -0.120. The van der Waals surface area contributed by atoms with Crippen LogP contribution in [-0.2, 0) is 4.74 Å². The first-order valence-corrected chi connectivity index (χ1v) is 5.79. The fourth-order valence-corrected chi connectivity index (χ4v) is 2.44. The molecule has 14 heavy (non-hydrogen) atoms. The number of rotatable bonds is 2. The summed E-state index contributed by atoms with van der Waals surface area (Å²) in [5.41, 5.74) is 0. The molecule has 82 valence electrons. The van der Waals surface area contributed by atoms with Gasteiger partial charge in [0.25, 0.3) is 0 Å². The molecule has 2 saturated heterocycles. The van der Waals surface area contributed by atoms with Gasteiger partial charge in [0, 0.05) is 25.0 Å². The summed E-state index contributed by atoms with van der Waals surface area (Å²) in [6.45, 7) is 10.1. The van der Waals surface area contributed by atoms with Crippen LogP contribution in [0.4, 0.5) is 0 Å². The van der Waals surface area contributed by atoms with Gasteiger partial charge in [0.1, 0.15) is 6.23 Å². The van der Waals surface area contributed by atoms with Crippen LogP contribution >= 0.6 is 0 Å². The van der Waals surface area contributed by atoms with Crippen molar-refractivity contribution in [2.45, 2.75) is 45.6 Å². The summed E-state index contributed by atoms with van der Waals surface area (Å²) in [7, 11) is 0. The molecular weight excluding hydrogens is 176 g/mol. The van der Waals surface area contributed by atoms with E-state index in [1.807, 2.05) is 0 Å². The molecule has 0 aromatic rings. The van der Waals surface area contributed by atoms with Gasteiger partial charge < -0.3 is 9.64 Å². The second-order valence-corrected chi connectivity index (χ2v) is 4.91. The van der Waals surface area contributed by atoms with Crippen molar-refractivity contribution in [1.82, 2.24) is 10.2 Å². The first-order chi connectivity index (χ1) is 6.66. The fraction of sp³-hybridized carbons (Fsp3) is 1.00. The van der Waals surface area contributed by atoms with E-state index in [1.165, 1.54) is 19.5 Å². The van der Waals surface area contributed by atoms with Gasteiger partial charge in [-0.2, -0.15) is 0 Å². The quantitative estimate of drug-likeness (QED) is 0.718. The average molecular weight is 198 g/mol. The molecule has 3 unspecified atom stereocenters. The van der Waals surface area contributed by atoms with Gasteiger partial charge >= 0.3 is 0 Å². The van der Waals surface area contributed by atoms with Gasteiger partial charge in [0.05, 0.1) is 6.10 Å². The van der Waals surface area contributed by atoms with E-state index in [9.17, 15) is 0 Å². The summed E-state index contributed by atoms with van der Waals surface area (Å²) in [6, 6.07) is 0.679. The largest absolute Gasteiger partial charge is 0.359 e. The van der Waals surface area contributed by atoms with Gasteiger partial charge in [-0.15, -0.1) is 0 Å². The fourth-order valence-electron chi connectivity index (χ4n) is 2.44. The molecule has 2 heterocycles. The van der Waals surface area contributed by atoms with E-state index in [0.29, 0.717) is 24.3 Å². The SMILES string of the molecule is CC1CNC(C2CCN(C(C)C)C2)O1. The maximum Gasteiger partial charge on any atom is 0.112 e. The summed E-state index contributed by atoms with van der Waals surface area (Å²) in [5.74, 6) is 0.697. The van der Waals surface area contributed by atoms with Crippen molar-refractivity contribution in [2.75, 3.05) is 19.6 Å². The lowest BCUT2D eigenvalue weighted by Crippen LogP contribution is -2.35. The summed E-state index contributed by atoms with van der Waals surface area (Å²) in [5, 5.41) is 3.46. The molecule has 0 saturated carbocycles. The minimum Gasteiger partial charge on any atom is -0.359 e. The number of nitrogens with zero attached hydrogens (tertiary/aromatic N) is 1. The van der Waals surface area contributed by atoms with Crippen LogP contribution in [0.2, 0.25) is 0 Å². The van der Waals surface area contributed by atoms with E-state index < -0.39 is 0 Å². The van der Waals surface area contributed by atoms with Crippen LogP contribution in [0.5, 0.6) is 0 Å². The molecule has 0 bridgehead atoms. The first-order valence-electron chi connectivity index (χ1n) is 5.79. The second kappa shape index (κ2) is 4.17. The number of likely N-dealkylation sites (tertiary alicyclic amines) is 1. The lowest BCUT2D eigenvalue weighted by atomic mass is 10.1. The van der Waals surface area contributed by atoms with Crippen LogP contribution in [0.1, 0.15) is 27.2 Å². The molecule has 0 aromatic heterocycles. The standard InChI is InChI=1S/C11H22N2O/c1-8(2)13-5-4-10(7-13)11-12-6-9(3)14-11/h8-12H,4-7H2,1-3H3. The number of ether oxygens (including phenoxy) is 1. The number of hydrogen-bond donors (Lipinski definition) is 1. The molecule has 0 spiro atoms. The van der Waals surface area contributed by atoms with Crippen molar-refractivity contribution in [3.8, 4) is 0 Å². The van der Waals surface area contributed by atoms with E-state index in [1.54, 1.807) is 0 Å². The predicted molar refractivity (Wildman–Crippen MR) is 57.2 cm³/mol. The molecule has 1 N–H and O–H groups in total. The summed E-state index contributed by atoms with van der Waals surface area (Å²) in [6.07, 6.45) is 1.99. The average Bonchev–Trinajstić information content (AvgIpc) is 2.70. The molecule has 2 rings (SSSR count). The Morgan fingerprint density at radius 1 is 1.43 bits per heavy atom. The van der Waals surface area contributed by atoms with E-state index in [2.05, 4.69) is 31.0 Å². The van der Waals surface area contributed by atoms with Crippen LogP contribution in [0.15, 0.2) is 0 Å². The third-order valence-electron chi connectivity index (χ3n) is 3.40. The molecule has 2 aliphatic heterocycles. The second-order valence-electron chi connectivity index (χ2n) is 4.91. The highest BCUT2D eigenvalue weighted by molar-refractivity contribution is 4.85. The lowest BCUT2D eigenvalue weighted by molar-refractivity contribution is 0.0146. The zero-order valence-electron chi connectivity index (χ0n) is 9.49. The number of hydrogen-bond acceptors (Lipinski definition) is 3. The smallest absolute Gasteiger partial charge is 0.112 e. The van der Waals surface area contributed by atoms with Gasteiger partial charge in [-0.1, -0.05) is 0 Å². The topological polar surface area (TPSA) is 24.5 Å². The predicted octanol–water partition coefficient (Wildman–Crippen LogP) is 1.05. The molecule has 3 heteroatoms. The Balaban J connectivity index is 1.83. The minimum atomic E-state index is 0.314. The third kappa shape index (κ3) is 2.10. The molecule has 0 aromatic carbocycles. The molecule has 0 amide bonds. The van der Waals surface area contributed by atoms with Crippen molar-refractivity contribution >= 4 is 0 Å². The Labute approximate surface area is 86.8 Å². The van der Waals surface area contributed by atoms with Crippen LogP contribution < -0.4 is 5.32 Å². The van der Waals surface area contributed by atoms with Crippen molar-refractivity contribution in [2.24, 2.45) is 5.92 Å². The molecule has 2 fully saturated rings. The zero-order valence-corrected chi connectivity index (χ0v) is 9.49. The van der Waals surface area contributed by atoms with Gasteiger partial charge in [0.15, 0.2) is 0 Å². The van der Waals surface area contributed by atoms with E-state index in [0.717, 1.165) is 6.54 Å². The molecule has 2 aliphatic rings. The monoisotopic (exact) mass is 198 g/mol. The summed E-state index contributed by atoms with van der Waals surface area (Å²) in [4.78, 5) is 2.54. The zero-order chi connectivity index (χ0) is 10.1. The molecule has 3 atom stereocenters. The van der Waals surface area contributed by atoms with Crippen molar-refractivity contribution < 1.29 is 4.74 Å². The third-order valence-corrected chi connectivity index (χ3v) is 3.40. The summed E-state index contributed by atoms with van der Waals surface area (Å²) >= 11 is 0. The van der Waals surface area contributed by atoms with E-state index in [-0.39, 0.29) is 0 Å². The maximum atomic E-state index is 5.84. The lowest BCUT2D eigenvalue weighted by Gasteiger charge is -2.22. The van der Waals surface area contributed by atoms with Crippen LogP contribution in [-0.4, -0.2) is 42.9 Å². The highest BCUT2D eigenvalue weighted by atomic mass is 16.5. The first kappa shape index (κ1) is 10.4. The van der Waals surface area contributed by atoms with Crippen LogP contribution in [0.3, 0.4) is 0 Å².